The van der Waals surface area contributed by atoms with Crippen LogP contribution in [0.25, 0.3) is 0 Å². The smallest absolute Gasteiger partial charge is 0.747 e. The number of phenolic OH excluding ortho intramolecular Hbond substituents is 7. The largest absolute Gasteiger partial charge is 1.00 e. The van der Waals surface area contributed by atoms with E-state index in [9.17, 15) is 64.0 Å². The third-order valence-corrected chi connectivity index (χ3v) is 8.02. The molecule has 0 spiro atoms. The van der Waals surface area contributed by atoms with Gasteiger partial charge >= 0.3 is 69.7 Å². The number of rotatable bonds is 6. The molecule has 0 saturated carbocycles. The minimum atomic E-state index is -5.04. The maximum Gasteiger partial charge on any atom is 1.00 e. The molecule has 0 saturated heterocycles. The molecule has 21 heteroatoms. The molecular formula is C30H28Na2O17S2. The first-order chi connectivity index (χ1) is 22.8. The fourth-order valence-corrected chi connectivity index (χ4v) is 5.50. The summed E-state index contributed by atoms with van der Waals surface area (Å²) in [5.74, 6) is -2.24. The molecule has 0 aliphatic carbocycles. The van der Waals surface area contributed by atoms with Crippen molar-refractivity contribution >= 4 is 20.7 Å². The summed E-state index contributed by atoms with van der Waals surface area (Å²) in [4.78, 5) is 0. The molecule has 5 atom stereocenters. The molecule has 4 aromatic rings. The molecule has 0 amide bonds. The predicted octanol–water partition coefficient (Wildman–Crippen LogP) is -4.96. The van der Waals surface area contributed by atoms with Crippen molar-refractivity contribution in [3.8, 4) is 46.0 Å². The van der Waals surface area contributed by atoms with E-state index in [1.54, 1.807) is 0 Å². The third-order valence-electron chi connectivity index (χ3n) is 6.84. The van der Waals surface area contributed by atoms with Crippen LogP contribution in [0.4, 0.5) is 0 Å². The average Bonchev–Trinajstić information content (AvgIpc) is 2.99. The average molecular weight is 771 g/mol. The van der Waals surface area contributed by atoms with Crippen molar-refractivity contribution in [2.75, 3.05) is 0 Å². The van der Waals surface area contributed by atoms with Crippen LogP contribution in [0.2, 0.25) is 0 Å². The van der Waals surface area contributed by atoms with Gasteiger partial charge in [0.2, 0.25) is 0 Å². The summed E-state index contributed by atoms with van der Waals surface area (Å²) < 4.78 is 65.5. The summed E-state index contributed by atoms with van der Waals surface area (Å²) in [6.45, 7) is 0. The number of ether oxygens (including phenoxy) is 1. The zero-order valence-corrected chi connectivity index (χ0v) is 32.2. The van der Waals surface area contributed by atoms with Gasteiger partial charge in [-0.05, 0) is 53.6 Å². The van der Waals surface area contributed by atoms with Gasteiger partial charge in [0.25, 0.3) is 0 Å². The van der Waals surface area contributed by atoms with E-state index < -0.39 is 67.6 Å². The van der Waals surface area contributed by atoms with Crippen molar-refractivity contribution in [2.24, 2.45) is 0 Å². The summed E-state index contributed by atoms with van der Waals surface area (Å²) in [5, 5.41) is 94.4. The molecule has 0 aromatic heterocycles. The second kappa shape index (κ2) is 19.4. The molecule has 1 aliphatic rings. The molecule has 0 fully saturated rings. The van der Waals surface area contributed by atoms with E-state index in [1.165, 1.54) is 48.5 Å². The standard InChI is InChI=1S/C15H15O8S.C15H14O6.2Na.O3S/c16-10-3-1-8(12(18)7-10)5-14(20)15(24(21,22)23)9-2-4-11(17)13(19)6-9;16-8-2-3-9-12(6-8)21-15(14(20)13(9)19)7-1-4-10(17)11(18)5-7;;;1-4(2)3/h1-7,14-20H,(H,21,22,23);1-6,13-20H;;;/q-1;;2*+1;/p-1. The quantitative estimate of drug-likeness (QED) is 0.0380. The summed E-state index contributed by atoms with van der Waals surface area (Å²) in [6, 6.07) is 14.5. The molecule has 10 N–H and O–H groups in total. The summed E-state index contributed by atoms with van der Waals surface area (Å²) >= 11 is 0. The number of hydrogen-bond acceptors (Lipinski definition) is 17. The van der Waals surface area contributed by atoms with Crippen molar-refractivity contribution in [3.63, 3.8) is 0 Å². The summed E-state index contributed by atoms with van der Waals surface area (Å²) in [6.07, 6.45) is -4.28. The predicted molar refractivity (Wildman–Crippen MR) is 163 cm³/mol. The number of fused-ring (bicyclic) bond motifs is 1. The Balaban J connectivity index is 0.000000448. The minimum Gasteiger partial charge on any atom is -0.747 e. The zero-order valence-electron chi connectivity index (χ0n) is 26.5. The summed E-state index contributed by atoms with van der Waals surface area (Å²) in [5.41, 5.74) is 0.532. The first kappa shape index (κ1) is 45.6. The topological polar surface area (TPSA) is 320 Å². The first-order valence-corrected chi connectivity index (χ1v) is 15.9. The number of hydrogen-bond donors (Lipinski definition) is 10. The Kier molecular flexibility index (Phi) is 17.3. The van der Waals surface area contributed by atoms with E-state index in [0.29, 0.717) is 11.1 Å². The van der Waals surface area contributed by atoms with E-state index in [0.717, 1.165) is 30.7 Å². The zero-order chi connectivity index (χ0) is 36.8. The van der Waals surface area contributed by atoms with Crippen molar-refractivity contribution in [1.29, 1.82) is 0 Å². The number of aliphatic hydroxyl groups excluding tert-OH is 3. The van der Waals surface area contributed by atoms with E-state index in [1.807, 2.05) is 0 Å². The second-order valence-corrected chi connectivity index (χ2v) is 12.1. The van der Waals surface area contributed by atoms with Gasteiger partial charge in [-0.3, -0.25) is 0 Å². The maximum absolute atomic E-state index is 11.5. The Morgan fingerprint density at radius 3 is 1.76 bits per heavy atom. The number of benzene rings is 4. The molecule has 4 aromatic carbocycles. The van der Waals surface area contributed by atoms with Crippen molar-refractivity contribution in [1.82, 2.24) is 0 Å². The first-order valence-electron chi connectivity index (χ1n) is 13.5. The number of phenols is 7. The van der Waals surface area contributed by atoms with Crippen molar-refractivity contribution in [3.05, 3.63) is 101 Å². The van der Waals surface area contributed by atoms with Gasteiger partial charge in [0.1, 0.15) is 33.8 Å². The number of aromatic hydroxyl groups is 7. The Bertz CT molecular complexity index is 2020. The Morgan fingerprint density at radius 2 is 1.24 bits per heavy atom. The Hall–Kier alpha value is -3.44. The molecule has 51 heavy (non-hydrogen) atoms. The van der Waals surface area contributed by atoms with E-state index in [-0.39, 0.29) is 99.0 Å². The normalized spacial score (nSPS) is 17.1. The van der Waals surface area contributed by atoms with Crippen molar-refractivity contribution < 1.29 is 141 Å². The Morgan fingerprint density at radius 1 is 0.706 bits per heavy atom. The van der Waals surface area contributed by atoms with Crippen LogP contribution >= 0.6 is 0 Å². The van der Waals surface area contributed by atoms with Gasteiger partial charge in [-0.1, -0.05) is 18.2 Å². The van der Waals surface area contributed by atoms with E-state index in [4.69, 9.17) is 17.4 Å². The van der Waals surface area contributed by atoms with Crippen LogP contribution in [0.5, 0.6) is 46.0 Å². The molecule has 0 bridgehead atoms. The SMILES string of the molecule is O=S(=O)([O-])C(c1ccc(O)c(O)c1)C(O)[CH-]c1ccc(O)cc1O.O=S(=O)=O.Oc1ccc2c(c1)OC(c1ccc(O)c(O)c1)C(O)C2O.[Na+].[Na+]. The van der Waals surface area contributed by atoms with Crippen LogP contribution in [0, 0.1) is 6.42 Å². The van der Waals surface area contributed by atoms with Crippen LogP contribution in [-0.2, 0) is 20.7 Å². The monoisotopic (exact) mass is 770 g/mol. The van der Waals surface area contributed by atoms with Gasteiger partial charge in [0.15, 0.2) is 29.1 Å². The van der Waals surface area contributed by atoms with Crippen LogP contribution in [0.1, 0.15) is 39.7 Å². The maximum atomic E-state index is 11.5. The number of aliphatic hydroxyl groups is 3. The van der Waals surface area contributed by atoms with Gasteiger partial charge in [0.05, 0.1) is 11.0 Å². The minimum absolute atomic E-state index is 0. The fourth-order valence-electron chi connectivity index (χ4n) is 4.60. The van der Waals surface area contributed by atoms with Crippen LogP contribution in [-0.4, -0.2) is 88.9 Å². The molecular weight excluding hydrogens is 742 g/mol. The van der Waals surface area contributed by atoms with Crippen molar-refractivity contribution in [2.45, 2.75) is 29.7 Å². The fraction of sp³-hybridized carbons (Fsp3) is 0.167. The van der Waals surface area contributed by atoms with Crippen LogP contribution < -0.4 is 63.9 Å². The molecule has 5 unspecified atom stereocenters. The van der Waals surface area contributed by atoms with Gasteiger partial charge in [-0.2, -0.15) is 12.5 Å². The van der Waals surface area contributed by atoms with Crippen LogP contribution in [0.15, 0.2) is 72.8 Å². The van der Waals surface area contributed by atoms with E-state index in [2.05, 4.69) is 0 Å². The molecule has 17 nitrogen and oxygen atoms in total. The van der Waals surface area contributed by atoms with Crippen LogP contribution in [0.3, 0.4) is 0 Å². The van der Waals surface area contributed by atoms with Gasteiger partial charge in [-0.25, -0.2) is 8.42 Å². The summed E-state index contributed by atoms with van der Waals surface area (Å²) in [7, 11) is -8.15. The molecule has 1 aliphatic heterocycles. The Labute approximate surface area is 335 Å². The van der Waals surface area contributed by atoms with Gasteiger partial charge < -0.3 is 60.4 Å². The molecule has 5 rings (SSSR count). The molecule has 1 heterocycles. The van der Waals surface area contributed by atoms with E-state index >= 15 is 0 Å². The third kappa shape index (κ3) is 12.3. The molecule has 0 radical (unpaired) electrons. The molecule has 264 valence electrons. The second-order valence-electron chi connectivity index (χ2n) is 10.2. The van der Waals surface area contributed by atoms with Gasteiger partial charge in [-0.15, -0.1) is 18.2 Å². The van der Waals surface area contributed by atoms with Gasteiger partial charge in [0, 0.05) is 23.5 Å².